The maximum Gasteiger partial charge on any atom is 0.248 e. The van der Waals surface area contributed by atoms with Crippen molar-refractivity contribution in [1.29, 1.82) is 0 Å². The van der Waals surface area contributed by atoms with Crippen LogP contribution in [0.4, 0.5) is 11.4 Å². The van der Waals surface area contributed by atoms with Crippen molar-refractivity contribution in [3.8, 4) is 10.4 Å². The van der Waals surface area contributed by atoms with E-state index in [-0.39, 0.29) is 5.91 Å². The number of morpholine rings is 1. The van der Waals surface area contributed by atoms with Crippen LogP contribution in [0, 0.1) is 0 Å². The number of carbonyl (C=O) groups excluding carboxylic acids is 1. The van der Waals surface area contributed by atoms with Crippen molar-refractivity contribution in [3.63, 3.8) is 0 Å². The Kier molecular flexibility index (Phi) is 5.85. The smallest absolute Gasteiger partial charge is 0.248 e. The highest BCUT2D eigenvalue weighted by molar-refractivity contribution is 7.16. The molecule has 1 aliphatic rings. The van der Waals surface area contributed by atoms with E-state index >= 15 is 0 Å². The monoisotopic (exact) mass is 390 g/mol. The molecule has 1 saturated heterocycles. The number of nitrogens with one attached hydrogen (secondary N) is 1. The molecule has 1 fully saturated rings. The average molecular weight is 391 g/mol. The highest BCUT2D eigenvalue weighted by Crippen LogP contribution is 2.28. The number of nitrogens with zero attached hydrogens (tertiary/aromatic N) is 1. The minimum absolute atomic E-state index is 0.131. The molecule has 1 amide bonds. The van der Waals surface area contributed by atoms with Crippen molar-refractivity contribution in [3.05, 3.63) is 77.7 Å². The van der Waals surface area contributed by atoms with Crippen LogP contribution in [-0.4, -0.2) is 32.2 Å². The molecule has 4 nitrogen and oxygen atoms in total. The summed E-state index contributed by atoms with van der Waals surface area (Å²) in [5.74, 6) is -0.131. The molecule has 5 heteroatoms. The molecule has 0 unspecified atom stereocenters. The lowest BCUT2D eigenvalue weighted by atomic mass is 10.2. The van der Waals surface area contributed by atoms with E-state index in [1.54, 1.807) is 17.4 Å². The third kappa shape index (κ3) is 4.68. The first kappa shape index (κ1) is 18.5. The molecular weight excluding hydrogens is 368 g/mol. The first-order chi connectivity index (χ1) is 13.8. The Bertz CT molecular complexity index is 942. The Morgan fingerprint density at radius 2 is 1.71 bits per heavy atom. The standard InChI is InChI=1S/C23H22N2O2S/c26-23(13-11-21-10-12-22(28-21)18-4-2-1-3-5-18)24-19-6-8-20(9-7-19)25-14-16-27-17-15-25/h1-13H,14-17H2,(H,24,26). The number of hydrogen-bond acceptors (Lipinski definition) is 4. The molecule has 2 heterocycles. The fourth-order valence-corrected chi connectivity index (χ4v) is 4.03. The van der Waals surface area contributed by atoms with Gasteiger partial charge in [-0.15, -0.1) is 11.3 Å². The van der Waals surface area contributed by atoms with Gasteiger partial charge in [-0.3, -0.25) is 4.79 Å². The first-order valence-electron chi connectivity index (χ1n) is 9.35. The van der Waals surface area contributed by atoms with Crippen molar-refractivity contribution in [2.45, 2.75) is 0 Å². The highest BCUT2D eigenvalue weighted by atomic mass is 32.1. The van der Waals surface area contributed by atoms with Gasteiger partial charge in [0.15, 0.2) is 0 Å². The van der Waals surface area contributed by atoms with Crippen LogP contribution in [0.2, 0.25) is 0 Å². The molecule has 1 aliphatic heterocycles. The zero-order chi connectivity index (χ0) is 19.2. The second-order valence-corrected chi connectivity index (χ2v) is 7.65. The van der Waals surface area contributed by atoms with Crippen molar-refractivity contribution >= 4 is 34.7 Å². The van der Waals surface area contributed by atoms with Crippen LogP contribution in [0.15, 0.2) is 72.8 Å². The maximum atomic E-state index is 12.2. The number of ether oxygens (including phenoxy) is 1. The van der Waals surface area contributed by atoms with Gasteiger partial charge in [0.25, 0.3) is 0 Å². The van der Waals surface area contributed by atoms with Crippen molar-refractivity contribution < 1.29 is 9.53 Å². The molecule has 0 radical (unpaired) electrons. The number of amides is 1. The molecule has 28 heavy (non-hydrogen) atoms. The van der Waals surface area contributed by atoms with E-state index in [0.717, 1.165) is 42.6 Å². The van der Waals surface area contributed by atoms with Crippen LogP contribution in [0.3, 0.4) is 0 Å². The van der Waals surface area contributed by atoms with Gasteiger partial charge in [-0.2, -0.15) is 0 Å². The summed E-state index contributed by atoms with van der Waals surface area (Å²) in [5, 5.41) is 2.92. The molecule has 2 aromatic carbocycles. The molecule has 3 aromatic rings. The van der Waals surface area contributed by atoms with Gasteiger partial charge < -0.3 is 15.0 Å². The van der Waals surface area contributed by atoms with Gasteiger partial charge in [-0.1, -0.05) is 30.3 Å². The van der Waals surface area contributed by atoms with Crippen LogP contribution in [0.5, 0.6) is 0 Å². The SMILES string of the molecule is O=C(C=Cc1ccc(-c2ccccc2)s1)Nc1ccc(N2CCOCC2)cc1. The lowest BCUT2D eigenvalue weighted by Crippen LogP contribution is -2.36. The lowest BCUT2D eigenvalue weighted by Gasteiger charge is -2.28. The fourth-order valence-electron chi connectivity index (χ4n) is 3.12. The minimum atomic E-state index is -0.131. The molecule has 1 N–H and O–H groups in total. The Balaban J connectivity index is 1.34. The summed E-state index contributed by atoms with van der Waals surface area (Å²) in [5.41, 5.74) is 3.14. The van der Waals surface area contributed by atoms with Crippen LogP contribution < -0.4 is 10.2 Å². The second-order valence-electron chi connectivity index (χ2n) is 6.54. The van der Waals surface area contributed by atoms with Crippen LogP contribution >= 0.6 is 11.3 Å². The predicted molar refractivity (Wildman–Crippen MR) is 117 cm³/mol. The summed E-state index contributed by atoms with van der Waals surface area (Å²) in [6.45, 7) is 3.33. The van der Waals surface area contributed by atoms with E-state index in [1.165, 1.54) is 10.4 Å². The number of hydrogen-bond donors (Lipinski definition) is 1. The molecule has 0 bridgehead atoms. The summed E-state index contributed by atoms with van der Waals surface area (Å²) in [7, 11) is 0. The maximum absolute atomic E-state index is 12.2. The molecular formula is C23H22N2O2S. The molecule has 0 saturated carbocycles. The van der Waals surface area contributed by atoms with E-state index in [9.17, 15) is 4.79 Å². The minimum Gasteiger partial charge on any atom is -0.378 e. The highest BCUT2D eigenvalue weighted by Gasteiger charge is 2.11. The topological polar surface area (TPSA) is 41.6 Å². The van der Waals surface area contributed by atoms with Crippen LogP contribution in [0.25, 0.3) is 16.5 Å². The van der Waals surface area contributed by atoms with E-state index in [4.69, 9.17) is 4.74 Å². The van der Waals surface area contributed by atoms with Gasteiger partial charge in [0, 0.05) is 40.3 Å². The summed E-state index contributed by atoms with van der Waals surface area (Å²) in [4.78, 5) is 16.8. The normalized spacial score (nSPS) is 14.4. The molecule has 142 valence electrons. The molecule has 0 spiro atoms. The number of carbonyl (C=O) groups is 1. The molecule has 1 aromatic heterocycles. The number of rotatable bonds is 5. The fraction of sp³-hybridized carbons (Fsp3) is 0.174. The summed E-state index contributed by atoms with van der Waals surface area (Å²) in [6, 6.07) is 22.3. The number of benzene rings is 2. The van der Waals surface area contributed by atoms with E-state index in [1.807, 2.05) is 54.6 Å². The Morgan fingerprint density at radius 1 is 0.964 bits per heavy atom. The zero-order valence-electron chi connectivity index (χ0n) is 15.5. The molecule has 4 rings (SSSR count). The van der Waals surface area contributed by atoms with Crippen LogP contribution in [0.1, 0.15) is 4.88 Å². The van der Waals surface area contributed by atoms with E-state index < -0.39 is 0 Å². The number of anilines is 2. The summed E-state index contributed by atoms with van der Waals surface area (Å²) >= 11 is 1.67. The Hall–Kier alpha value is -2.89. The van der Waals surface area contributed by atoms with Gasteiger partial charge in [0.05, 0.1) is 13.2 Å². The Morgan fingerprint density at radius 3 is 2.46 bits per heavy atom. The molecule has 0 atom stereocenters. The predicted octanol–water partition coefficient (Wildman–Crippen LogP) is 4.90. The van der Waals surface area contributed by atoms with Gasteiger partial charge in [0.1, 0.15) is 0 Å². The third-order valence-electron chi connectivity index (χ3n) is 4.60. The van der Waals surface area contributed by atoms with E-state index in [2.05, 4.69) is 28.4 Å². The average Bonchev–Trinajstić information content (AvgIpc) is 3.23. The lowest BCUT2D eigenvalue weighted by molar-refractivity contribution is -0.111. The van der Waals surface area contributed by atoms with Crippen molar-refractivity contribution in [2.75, 3.05) is 36.5 Å². The van der Waals surface area contributed by atoms with Crippen molar-refractivity contribution in [1.82, 2.24) is 0 Å². The Labute approximate surface area is 169 Å². The molecule has 0 aliphatic carbocycles. The summed E-state index contributed by atoms with van der Waals surface area (Å²) in [6.07, 6.45) is 3.44. The van der Waals surface area contributed by atoms with E-state index in [0.29, 0.717) is 0 Å². The third-order valence-corrected chi connectivity index (χ3v) is 5.69. The van der Waals surface area contributed by atoms with Gasteiger partial charge in [0.2, 0.25) is 5.91 Å². The van der Waals surface area contributed by atoms with Crippen molar-refractivity contribution in [2.24, 2.45) is 0 Å². The zero-order valence-corrected chi connectivity index (χ0v) is 16.3. The largest absolute Gasteiger partial charge is 0.378 e. The number of thiophene rings is 1. The van der Waals surface area contributed by atoms with Gasteiger partial charge in [-0.05, 0) is 48.0 Å². The van der Waals surface area contributed by atoms with Gasteiger partial charge >= 0.3 is 0 Å². The summed E-state index contributed by atoms with van der Waals surface area (Å²) < 4.78 is 5.38. The van der Waals surface area contributed by atoms with Gasteiger partial charge in [-0.25, -0.2) is 0 Å². The van der Waals surface area contributed by atoms with Crippen LogP contribution in [-0.2, 0) is 9.53 Å². The first-order valence-corrected chi connectivity index (χ1v) is 10.2. The second kappa shape index (κ2) is 8.87. The quantitative estimate of drug-likeness (QED) is 0.630.